The Bertz CT molecular complexity index is 231. The number of ether oxygens (including phenoxy) is 1. The quantitative estimate of drug-likeness (QED) is 0.571. The predicted molar refractivity (Wildman–Crippen MR) is 46.0 cm³/mol. The number of fused-ring (bicyclic) bond motifs is 2. The summed E-state index contributed by atoms with van der Waals surface area (Å²) in [6, 6.07) is 0. The molecule has 0 aromatic rings. The first kappa shape index (κ1) is 8.73. The molecule has 72 valence electrons. The summed E-state index contributed by atoms with van der Waals surface area (Å²) >= 11 is 0. The van der Waals surface area contributed by atoms with E-state index in [1.165, 1.54) is 7.11 Å². The van der Waals surface area contributed by atoms with Gasteiger partial charge in [-0.05, 0) is 25.7 Å². The molecule has 2 bridgehead atoms. The van der Waals surface area contributed by atoms with Crippen LogP contribution in [0.4, 0.5) is 0 Å². The first-order valence-corrected chi connectivity index (χ1v) is 4.84. The molecule has 0 saturated heterocycles. The molecule has 0 spiro atoms. The Balaban J connectivity index is 2.06. The van der Waals surface area contributed by atoms with Gasteiger partial charge >= 0.3 is 5.97 Å². The highest BCUT2D eigenvalue weighted by molar-refractivity contribution is 5.88. The zero-order chi connectivity index (χ0) is 9.42. The summed E-state index contributed by atoms with van der Waals surface area (Å²) in [6.07, 6.45) is 3.41. The van der Waals surface area contributed by atoms with Crippen LogP contribution in [0.5, 0.6) is 0 Å². The van der Waals surface area contributed by atoms with E-state index in [0.717, 1.165) is 25.7 Å². The van der Waals surface area contributed by atoms with Crippen LogP contribution in [0.25, 0.3) is 0 Å². The van der Waals surface area contributed by atoms with Crippen LogP contribution in [-0.2, 0) is 14.3 Å². The standard InChI is InChI=1S/C10H14O3/c1-13-10(12)8-4-6-2-3-7(5-8)9(6)11/h6-8H,2-5H2,1H3/t6-,7-/m0/s1. The van der Waals surface area contributed by atoms with E-state index in [1.807, 2.05) is 0 Å². The zero-order valence-electron chi connectivity index (χ0n) is 7.79. The second kappa shape index (κ2) is 3.13. The van der Waals surface area contributed by atoms with E-state index in [1.54, 1.807) is 0 Å². The van der Waals surface area contributed by atoms with Gasteiger partial charge in [0.2, 0.25) is 0 Å². The molecule has 3 heteroatoms. The van der Waals surface area contributed by atoms with Gasteiger partial charge in [0.25, 0.3) is 0 Å². The van der Waals surface area contributed by atoms with Gasteiger partial charge in [-0.25, -0.2) is 0 Å². The van der Waals surface area contributed by atoms with Crippen LogP contribution in [0, 0.1) is 17.8 Å². The normalized spacial score (nSPS) is 37.6. The van der Waals surface area contributed by atoms with Crippen molar-refractivity contribution in [2.45, 2.75) is 25.7 Å². The molecular formula is C10H14O3. The van der Waals surface area contributed by atoms with Gasteiger partial charge in [0.05, 0.1) is 13.0 Å². The molecule has 0 aromatic carbocycles. The minimum atomic E-state index is -0.135. The lowest BCUT2D eigenvalue weighted by Gasteiger charge is -2.24. The van der Waals surface area contributed by atoms with Gasteiger partial charge in [0.15, 0.2) is 0 Å². The van der Waals surface area contributed by atoms with E-state index < -0.39 is 0 Å². The Morgan fingerprint density at radius 3 is 2.31 bits per heavy atom. The Hall–Kier alpha value is -0.860. The predicted octanol–water partition coefficient (Wildman–Crippen LogP) is 1.16. The summed E-state index contributed by atoms with van der Waals surface area (Å²) in [5, 5.41) is 0. The van der Waals surface area contributed by atoms with Crippen LogP contribution in [0.1, 0.15) is 25.7 Å². The lowest BCUT2D eigenvalue weighted by Crippen LogP contribution is -2.30. The van der Waals surface area contributed by atoms with E-state index in [2.05, 4.69) is 0 Å². The molecule has 2 fully saturated rings. The highest BCUT2D eigenvalue weighted by Crippen LogP contribution is 2.42. The molecule has 2 rings (SSSR count). The van der Waals surface area contributed by atoms with Crippen LogP contribution in [0.3, 0.4) is 0 Å². The molecule has 0 aliphatic heterocycles. The first-order chi connectivity index (χ1) is 6.22. The lowest BCUT2D eigenvalue weighted by atomic mass is 9.80. The third kappa shape index (κ3) is 1.36. The lowest BCUT2D eigenvalue weighted by molar-refractivity contribution is -0.148. The molecule has 0 amide bonds. The fourth-order valence-electron chi connectivity index (χ4n) is 2.63. The van der Waals surface area contributed by atoms with Gasteiger partial charge in [-0.2, -0.15) is 0 Å². The monoisotopic (exact) mass is 182 g/mol. The summed E-state index contributed by atoms with van der Waals surface area (Å²) in [5.41, 5.74) is 0. The Morgan fingerprint density at radius 1 is 1.31 bits per heavy atom. The molecule has 0 unspecified atom stereocenters. The van der Waals surface area contributed by atoms with Gasteiger partial charge in [0.1, 0.15) is 5.78 Å². The summed E-state index contributed by atoms with van der Waals surface area (Å²) in [4.78, 5) is 22.8. The summed E-state index contributed by atoms with van der Waals surface area (Å²) in [5.74, 6) is 0.551. The number of hydrogen-bond donors (Lipinski definition) is 0. The molecule has 0 radical (unpaired) electrons. The van der Waals surface area contributed by atoms with Gasteiger partial charge < -0.3 is 4.74 Å². The topological polar surface area (TPSA) is 43.4 Å². The van der Waals surface area contributed by atoms with Crippen molar-refractivity contribution in [3.63, 3.8) is 0 Å². The van der Waals surface area contributed by atoms with E-state index in [9.17, 15) is 9.59 Å². The Kier molecular flexibility index (Phi) is 2.10. The average molecular weight is 182 g/mol. The van der Waals surface area contributed by atoms with E-state index >= 15 is 0 Å². The minimum absolute atomic E-state index is 0.0137. The molecule has 2 aliphatic carbocycles. The number of Topliss-reactive ketones (excluding diaryl/α,β-unsaturated/α-hetero) is 1. The van der Waals surface area contributed by atoms with Gasteiger partial charge in [-0.3, -0.25) is 9.59 Å². The van der Waals surface area contributed by atoms with Gasteiger partial charge in [0, 0.05) is 11.8 Å². The zero-order valence-corrected chi connectivity index (χ0v) is 7.79. The number of rotatable bonds is 1. The van der Waals surface area contributed by atoms with Crippen LogP contribution in [-0.4, -0.2) is 18.9 Å². The number of methoxy groups -OCH3 is 1. The molecule has 2 saturated carbocycles. The Morgan fingerprint density at radius 2 is 1.85 bits per heavy atom. The first-order valence-electron chi connectivity index (χ1n) is 4.84. The third-order valence-electron chi connectivity index (χ3n) is 3.34. The molecule has 0 aromatic heterocycles. The fourth-order valence-corrected chi connectivity index (χ4v) is 2.63. The molecule has 0 N–H and O–H groups in total. The molecule has 3 nitrogen and oxygen atoms in total. The second-order valence-electron chi connectivity index (χ2n) is 4.07. The largest absolute Gasteiger partial charge is 0.469 e. The van der Waals surface area contributed by atoms with E-state index in [0.29, 0.717) is 5.78 Å². The van der Waals surface area contributed by atoms with Crippen molar-refractivity contribution < 1.29 is 14.3 Å². The fraction of sp³-hybridized carbons (Fsp3) is 0.800. The summed E-state index contributed by atoms with van der Waals surface area (Å²) in [6.45, 7) is 0. The molecule has 0 heterocycles. The van der Waals surface area contributed by atoms with E-state index in [4.69, 9.17) is 4.74 Å². The van der Waals surface area contributed by atoms with Gasteiger partial charge in [-0.1, -0.05) is 0 Å². The van der Waals surface area contributed by atoms with Gasteiger partial charge in [-0.15, -0.1) is 0 Å². The van der Waals surface area contributed by atoms with Crippen molar-refractivity contribution in [3.8, 4) is 0 Å². The number of carbonyl (C=O) groups is 2. The molecule has 2 aliphatic rings. The smallest absolute Gasteiger partial charge is 0.308 e. The average Bonchev–Trinajstić information content (AvgIpc) is 2.42. The number of ketones is 1. The van der Waals surface area contributed by atoms with Crippen LogP contribution in [0.2, 0.25) is 0 Å². The maximum Gasteiger partial charge on any atom is 0.308 e. The van der Waals surface area contributed by atoms with Crippen molar-refractivity contribution in [2.75, 3.05) is 7.11 Å². The minimum Gasteiger partial charge on any atom is -0.469 e. The molecule has 13 heavy (non-hydrogen) atoms. The maximum atomic E-state index is 11.5. The summed E-state index contributed by atoms with van der Waals surface area (Å²) < 4.78 is 4.70. The van der Waals surface area contributed by atoms with Crippen LogP contribution < -0.4 is 0 Å². The molecular weight excluding hydrogens is 168 g/mol. The number of hydrogen-bond acceptors (Lipinski definition) is 3. The van der Waals surface area contributed by atoms with Crippen LogP contribution in [0.15, 0.2) is 0 Å². The molecule has 2 atom stereocenters. The number of esters is 1. The highest BCUT2D eigenvalue weighted by Gasteiger charge is 2.43. The second-order valence-corrected chi connectivity index (χ2v) is 4.07. The summed E-state index contributed by atoms with van der Waals surface area (Å²) in [7, 11) is 1.42. The van der Waals surface area contributed by atoms with Crippen LogP contribution >= 0.6 is 0 Å². The van der Waals surface area contributed by atoms with Crippen molar-refractivity contribution in [1.29, 1.82) is 0 Å². The third-order valence-corrected chi connectivity index (χ3v) is 3.34. The number of carbonyl (C=O) groups excluding carboxylic acids is 2. The van der Waals surface area contributed by atoms with Crippen molar-refractivity contribution in [1.82, 2.24) is 0 Å². The Labute approximate surface area is 77.4 Å². The van der Waals surface area contributed by atoms with Crippen molar-refractivity contribution in [3.05, 3.63) is 0 Å². The SMILES string of the molecule is COC(=O)C1C[C@@H]2CC[C@@H](C1)C2=O. The van der Waals surface area contributed by atoms with E-state index in [-0.39, 0.29) is 23.7 Å². The maximum absolute atomic E-state index is 11.5. The van der Waals surface area contributed by atoms with Crippen molar-refractivity contribution in [2.24, 2.45) is 17.8 Å². The highest BCUT2D eigenvalue weighted by atomic mass is 16.5. The van der Waals surface area contributed by atoms with Crippen molar-refractivity contribution >= 4 is 11.8 Å².